The van der Waals surface area contributed by atoms with Crippen LogP contribution in [0.15, 0.2) is 46.8 Å². The quantitative estimate of drug-likeness (QED) is 0.825. The van der Waals surface area contributed by atoms with E-state index in [2.05, 4.69) is 4.99 Å². The third kappa shape index (κ3) is 2.55. The van der Waals surface area contributed by atoms with Gasteiger partial charge in [0.15, 0.2) is 0 Å². The van der Waals surface area contributed by atoms with Crippen molar-refractivity contribution in [3.8, 4) is 0 Å². The lowest BCUT2D eigenvalue weighted by molar-refractivity contribution is 0.0697. The molecule has 0 fully saturated rings. The highest BCUT2D eigenvalue weighted by molar-refractivity contribution is 7.12. The zero-order valence-electron chi connectivity index (χ0n) is 8.33. The minimum atomic E-state index is -0.907. The number of hydrogen-bond acceptors (Lipinski definition) is 3. The first kappa shape index (κ1) is 10.6. The number of benzene rings is 1. The second kappa shape index (κ2) is 4.72. The number of aromatic carboxylic acids is 1. The number of thiophene rings is 1. The van der Waals surface area contributed by atoms with Crippen LogP contribution in [-0.4, -0.2) is 17.3 Å². The number of rotatable bonds is 3. The van der Waals surface area contributed by atoms with Crippen LogP contribution in [0.25, 0.3) is 0 Å². The van der Waals surface area contributed by atoms with E-state index in [0.717, 1.165) is 10.6 Å². The third-order valence-electron chi connectivity index (χ3n) is 1.96. The normalized spacial score (nSPS) is 10.8. The molecule has 0 atom stereocenters. The van der Waals surface area contributed by atoms with E-state index in [1.54, 1.807) is 17.7 Å². The fourth-order valence-electron chi connectivity index (χ4n) is 1.18. The molecule has 0 aliphatic rings. The molecule has 0 spiro atoms. The summed E-state index contributed by atoms with van der Waals surface area (Å²) in [6.45, 7) is 0. The van der Waals surface area contributed by atoms with E-state index in [4.69, 9.17) is 5.11 Å². The number of carbonyl (C=O) groups is 1. The van der Waals surface area contributed by atoms with Crippen LogP contribution in [0.4, 0.5) is 5.69 Å². The zero-order valence-corrected chi connectivity index (χ0v) is 9.15. The number of aliphatic imine (C=N–C) groups is 1. The van der Waals surface area contributed by atoms with Crippen molar-refractivity contribution in [1.29, 1.82) is 0 Å². The van der Waals surface area contributed by atoms with Crippen molar-refractivity contribution in [2.75, 3.05) is 0 Å². The second-order valence-electron chi connectivity index (χ2n) is 3.14. The monoisotopic (exact) mass is 231 g/mol. The van der Waals surface area contributed by atoms with Gasteiger partial charge in [0.1, 0.15) is 0 Å². The standard InChI is InChI=1S/C12H9NO2S/c14-12(15)9-6-11(16-8-9)7-13-10-4-2-1-3-5-10/h1-8H,(H,14,15)/b13-7+. The molecule has 2 rings (SSSR count). The molecule has 80 valence electrons. The molecule has 1 N–H and O–H groups in total. The van der Waals surface area contributed by atoms with Crippen molar-refractivity contribution in [2.24, 2.45) is 4.99 Å². The average Bonchev–Trinajstić information content (AvgIpc) is 2.76. The van der Waals surface area contributed by atoms with Gasteiger partial charge in [-0.15, -0.1) is 11.3 Å². The predicted octanol–water partition coefficient (Wildman–Crippen LogP) is 3.20. The maximum atomic E-state index is 10.7. The molecule has 4 heteroatoms. The molecule has 1 aromatic carbocycles. The average molecular weight is 231 g/mol. The van der Waals surface area contributed by atoms with Gasteiger partial charge >= 0.3 is 5.97 Å². The summed E-state index contributed by atoms with van der Waals surface area (Å²) in [7, 11) is 0. The minimum absolute atomic E-state index is 0.305. The van der Waals surface area contributed by atoms with Gasteiger partial charge in [-0.25, -0.2) is 4.79 Å². The van der Waals surface area contributed by atoms with Crippen LogP contribution in [0.2, 0.25) is 0 Å². The molecule has 1 heterocycles. The topological polar surface area (TPSA) is 49.7 Å². The largest absolute Gasteiger partial charge is 0.478 e. The van der Waals surface area contributed by atoms with E-state index in [-0.39, 0.29) is 0 Å². The summed E-state index contributed by atoms with van der Waals surface area (Å²) >= 11 is 1.37. The summed E-state index contributed by atoms with van der Waals surface area (Å²) in [6.07, 6.45) is 1.67. The summed E-state index contributed by atoms with van der Waals surface area (Å²) in [5, 5.41) is 10.4. The lowest BCUT2D eigenvalue weighted by atomic mass is 10.3. The zero-order chi connectivity index (χ0) is 11.4. The molecular weight excluding hydrogens is 222 g/mol. The Morgan fingerprint density at radius 2 is 2.06 bits per heavy atom. The van der Waals surface area contributed by atoms with Crippen molar-refractivity contribution >= 4 is 29.2 Å². The Bertz CT molecular complexity index is 517. The van der Waals surface area contributed by atoms with Gasteiger partial charge in [-0.2, -0.15) is 0 Å². The first-order valence-corrected chi connectivity index (χ1v) is 5.54. The molecule has 1 aromatic heterocycles. The van der Waals surface area contributed by atoms with E-state index in [9.17, 15) is 4.79 Å². The van der Waals surface area contributed by atoms with Gasteiger partial charge in [0.05, 0.1) is 11.3 Å². The minimum Gasteiger partial charge on any atom is -0.478 e. The summed E-state index contributed by atoms with van der Waals surface area (Å²) < 4.78 is 0. The van der Waals surface area contributed by atoms with Crippen LogP contribution in [0.1, 0.15) is 15.2 Å². The van der Waals surface area contributed by atoms with E-state index in [1.165, 1.54) is 11.3 Å². The number of para-hydroxylation sites is 1. The Labute approximate surface area is 96.7 Å². The van der Waals surface area contributed by atoms with Crippen molar-refractivity contribution in [1.82, 2.24) is 0 Å². The highest BCUT2D eigenvalue weighted by atomic mass is 32.1. The fraction of sp³-hybridized carbons (Fsp3) is 0. The van der Waals surface area contributed by atoms with Gasteiger partial charge in [0.2, 0.25) is 0 Å². The Hall–Kier alpha value is -1.94. The Morgan fingerprint density at radius 3 is 2.69 bits per heavy atom. The van der Waals surface area contributed by atoms with Gasteiger partial charge < -0.3 is 5.11 Å². The predicted molar refractivity (Wildman–Crippen MR) is 65.0 cm³/mol. The van der Waals surface area contributed by atoms with Crippen LogP contribution in [0.5, 0.6) is 0 Å². The molecule has 0 radical (unpaired) electrons. The van der Waals surface area contributed by atoms with Crippen LogP contribution in [0.3, 0.4) is 0 Å². The highest BCUT2D eigenvalue weighted by Crippen LogP contribution is 2.15. The second-order valence-corrected chi connectivity index (χ2v) is 4.08. The molecule has 0 saturated carbocycles. The molecule has 0 amide bonds. The lowest BCUT2D eigenvalue weighted by Crippen LogP contribution is -1.91. The van der Waals surface area contributed by atoms with Crippen LogP contribution < -0.4 is 0 Å². The molecule has 3 nitrogen and oxygen atoms in total. The van der Waals surface area contributed by atoms with Crippen LogP contribution in [0, 0.1) is 0 Å². The van der Waals surface area contributed by atoms with E-state index >= 15 is 0 Å². The molecule has 0 aliphatic carbocycles. The Kier molecular flexibility index (Phi) is 3.12. The lowest BCUT2D eigenvalue weighted by Gasteiger charge is -1.89. The third-order valence-corrected chi connectivity index (χ3v) is 2.83. The SMILES string of the molecule is O=C(O)c1csc(/C=N/c2ccccc2)c1. The van der Waals surface area contributed by atoms with E-state index < -0.39 is 5.97 Å². The summed E-state index contributed by atoms with van der Waals surface area (Å²) in [5.74, 6) is -0.907. The maximum absolute atomic E-state index is 10.7. The molecular formula is C12H9NO2S. The Balaban J connectivity index is 2.15. The van der Waals surface area contributed by atoms with Crippen molar-refractivity contribution in [2.45, 2.75) is 0 Å². The first-order chi connectivity index (χ1) is 7.75. The number of nitrogens with zero attached hydrogens (tertiary/aromatic N) is 1. The molecule has 16 heavy (non-hydrogen) atoms. The van der Waals surface area contributed by atoms with E-state index in [1.807, 2.05) is 30.3 Å². The van der Waals surface area contributed by atoms with Gasteiger partial charge in [-0.1, -0.05) is 18.2 Å². The summed E-state index contributed by atoms with van der Waals surface area (Å²) in [5.41, 5.74) is 1.16. The highest BCUT2D eigenvalue weighted by Gasteiger charge is 2.04. The summed E-state index contributed by atoms with van der Waals surface area (Å²) in [6, 6.07) is 11.1. The number of hydrogen-bond donors (Lipinski definition) is 1. The fourth-order valence-corrected chi connectivity index (χ4v) is 1.93. The van der Waals surface area contributed by atoms with E-state index in [0.29, 0.717) is 5.56 Å². The van der Waals surface area contributed by atoms with Gasteiger partial charge in [0, 0.05) is 16.5 Å². The van der Waals surface area contributed by atoms with Crippen LogP contribution in [-0.2, 0) is 0 Å². The van der Waals surface area contributed by atoms with Crippen molar-refractivity contribution in [3.63, 3.8) is 0 Å². The van der Waals surface area contributed by atoms with Crippen molar-refractivity contribution < 1.29 is 9.90 Å². The molecule has 0 bridgehead atoms. The van der Waals surface area contributed by atoms with Gasteiger partial charge in [-0.3, -0.25) is 4.99 Å². The first-order valence-electron chi connectivity index (χ1n) is 4.66. The molecule has 0 aliphatic heterocycles. The van der Waals surface area contributed by atoms with Crippen LogP contribution >= 0.6 is 11.3 Å². The van der Waals surface area contributed by atoms with Gasteiger partial charge in [0.25, 0.3) is 0 Å². The smallest absolute Gasteiger partial charge is 0.336 e. The van der Waals surface area contributed by atoms with Gasteiger partial charge in [-0.05, 0) is 18.2 Å². The Morgan fingerprint density at radius 1 is 1.31 bits per heavy atom. The summed E-state index contributed by atoms with van der Waals surface area (Å²) in [4.78, 5) is 15.7. The number of carboxylic acid groups (broad SMARTS) is 1. The molecule has 2 aromatic rings. The van der Waals surface area contributed by atoms with Crippen molar-refractivity contribution in [3.05, 3.63) is 52.2 Å². The number of carboxylic acids is 1. The maximum Gasteiger partial charge on any atom is 0.336 e. The molecule has 0 unspecified atom stereocenters. The molecule has 0 saturated heterocycles.